The second-order valence-corrected chi connectivity index (χ2v) is 5.34. The zero-order chi connectivity index (χ0) is 16.4. The highest BCUT2D eigenvalue weighted by molar-refractivity contribution is 6.41. The molecule has 0 saturated heterocycles. The third-order valence-corrected chi connectivity index (χ3v) is 3.61. The van der Waals surface area contributed by atoms with Gasteiger partial charge in [-0.15, -0.1) is 0 Å². The maximum absolute atomic E-state index is 12.2. The van der Waals surface area contributed by atoms with Crippen molar-refractivity contribution in [1.82, 2.24) is 19.7 Å². The van der Waals surface area contributed by atoms with Crippen molar-refractivity contribution in [1.29, 1.82) is 0 Å². The summed E-state index contributed by atoms with van der Waals surface area (Å²) in [5, 5.41) is 3.90. The van der Waals surface area contributed by atoms with Crippen LogP contribution in [0.3, 0.4) is 0 Å². The van der Waals surface area contributed by atoms with Gasteiger partial charge in [0.2, 0.25) is 5.88 Å². The van der Waals surface area contributed by atoms with E-state index in [2.05, 4.69) is 15.1 Å². The first-order valence-electron chi connectivity index (χ1n) is 6.57. The van der Waals surface area contributed by atoms with E-state index in [-0.39, 0.29) is 15.9 Å². The second kappa shape index (κ2) is 6.36. The zero-order valence-electron chi connectivity index (χ0n) is 11.9. The van der Waals surface area contributed by atoms with Crippen molar-refractivity contribution in [3.8, 4) is 17.4 Å². The molecule has 8 heteroatoms. The van der Waals surface area contributed by atoms with Crippen LogP contribution in [0.2, 0.25) is 10.0 Å². The van der Waals surface area contributed by atoms with Crippen LogP contribution in [0.4, 0.5) is 0 Å². The number of benzene rings is 1. The van der Waals surface area contributed by atoms with Gasteiger partial charge in [-0.3, -0.25) is 4.79 Å². The number of halogens is 2. The molecule has 2 heterocycles. The number of hydrogen-bond acceptors (Lipinski definition) is 5. The van der Waals surface area contributed by atoms with Crippen LogP contribution in [0.1, 0.15) is 5.82 Å². The summed E-state index contributed by atoms with van der Waals surface area (Å²) in [6, 6.07) is 10.6. The van der Waals surface area contributed by atoms with Gasteiger partial charge in [0, 0.05) is 6.07 Å². The van der Waals surface area contributed by atoms with E-state index in [9.17, 15) is 4.79 Å². The molecule has 6 nitrogen and oxygen atoms in total. The fourth-order valence-electron chi connectivity index (χ4n) is 1.87. The van der Waals surface area contributed by atoms with Crippen molar-refractivity contribution in [2.24, 2.45) is 0 Å². The second-order valence-electron chi connectivity index (χ2n) is 4.55. The lowest BCUT2D eigenvalue weighted by atomic mass is 10.3. The van der Waals surface area contributed by atoms with Crippen molar-refractivity contribution >= 4 is 23.2 Å². The van der Waals surface area contributed by atoms with Crippen LogP contribution in [-0.4, -0.2) is 19.7 Å². The predicted octanol–water partition coefficient (Wildman–Crippen LogP) is 3.43. The van der Waals surface area contributed by atoms with Crippen molar-refractivity contribution in [3.05, 3.63) is 68.8 Å². The minimum absolute atomic E-state index is 0.0828. The van der Waals surface area contributed by atoms with Crippen LogP contribution >= 0.6 is 23.2 Å². The summed E-state index contributed by atoms with van der Waals surface area (Å²) in [6.45, 7) is 1.68. The number of para-hydroxylation sites is 1. The lowest BCUT2D eigenvalue weighted by Gasteiger charge is -2.09. The Morgan fingerprint density at radius 2 is 1.87 bits per heavy atom. The van der Waals surface area contributed by atoms with Crippen molar-refractivity contribution in [3.63, 3.8) is 0 Å². The van der Waals surface area contributed by atoms with E-state index in [0.29, 0.717) is 17.5 Å². The molecule has 0 N–H and O–H groups in total. The molecule has 0 amide bonds. The maximum atomic E-state index is 12.2. The van der Waals surface area contributed by atoms with Crippen LogP contribution in [0.15, 0.2) is 47.4 Å². The molecule has 0 radical (unpaired) electrons. The Hall–Kier alpha value is -2.44. The first kappa shape index (κ1) is 15.5. The Bertz CT molecular complexity index is 913. The molecule has 3 rings (SSSR count). The van der Waals surface area contributed by atoms with Crippen LogP contribution in [0, 0.1) is 6.92 Å². The van der Waals surface area contributed by atoms with E-state index in [1.54, 1.807) is 19.1 Å². The minimum atomic E-state index is -0.567. The topological polar surface area (TPSA) is 69.9 Å². The van der Waals surface area contributed by atoms with Gasteiger partial charge in [-0.05, 0) is 19.1 Å². The van der Waals surface area contributed by atoms with Gasteiger partial charge in [-0.1, -0.05) is 41.4 Å². The number of aryl methyl sites for hydroxylation is 1. The fraction of sp³-hybridized carbons (Fsp3) is 0.0667. The smallest absolute Gasteiger partial charge is 0.293 e. The van der Waals surface area contributed by atoms with Crippen LogP contribution in [0.5, 0.6) is 11.6 Å². The highest BCUT2D eigenvalue weighted by atomic mass is 35.5. The first-order valence-corrected chi connectivity index (χ1v) is 7.32. The SMILES string of the molecule is Cc1nc(Oc2ccccc2)cc(-n2ncc(Cl)c(Cl)c2=O)n1. The molecule has 0 aliphatic heterocycles. The molecule has 23 heavy (non-hydrogen) atoms. The normalized spacial score (nSPS) is 10.6. The third kappa shape index (κ3) is 3.33. The van der Waals surface area contributed by atoms with Crippen LogP contribution < -0.4 is 10.3 Å². The molecule has 0 unspecified atom stereocenters. The molecule has 0 spiro atoms. The Labute approximate surface area is 141 Å². The maximum Gasteiger partial charge on any atom is 0.293 e. The van der Waals surface area contributed by atoms with E-state index in [0.717, 1.165) is 4.68 Å². The molecule has 0 bridgehead atoms. The van der Waals surface area contributed by atoms with Crippen molar-refractivity contribution in [2.75, 3.05) is 0 Å². The molecule has 3 aromatic rings. The summed E-state index contributed by atoms with van der Waals surface area (Å²) in [6.07, 6.45) is 1.28. The number of aromatic nitrogens is 4. The molecule has 1 aromatic carbocycles. The molecule has 116 valence electrons. The summed E-state index contributed by atoms with van der Waals surface area (Å²) in [5.41, 5.74) is -0.567. The molecular formula is C15H10Cl2N4O2. The van der Waals surface area contributed by atoms with E-state index in [1.165, 1.54) is 12.3 Å². The van der Waals surface area contributed by atoms with Gasteiger partial charge >= 0.3 is 0 Å². The summed E-state index contributed by atoms with van der Waals surface area (Å²) >= 11 is 11.6. The predicted molar refractivity (Wildman–Crippen MR) is 86.7 cm³/mol. The average molecular weight is 349 g/mol. The Kier molecular flexibility index (Phi) is 4.27. The van der Waals surface area contributed by atoms with Gasteiger partial charge in [0.05, 0.1) is 11.2 Å². The average Bonchev–Trinajstić information content (AvgIpc) is 2.53. The summed E-state index contributed by atoms with van der Waals surface area (Å²) in [5.74, 6) is 1.57. The van der Waals surface area contributed by atoms with Crippen molar-refractivity contribution in [2.45, 2.75) is 6.92 Å². The summed E-state index contributed by atoms with van der Waals surface area (Å²) < 4.78 is 6.70. The highest BCUT2D eigenvalue weighted by Gasteiger charge is 2.12. The highest BCUT2D eigenvalue weighted by Crippen LogP contribution is 2.21. The monoisotopic (exact) mass is 348 g/mol. The fourth-order valence-corrected chi connectivity index (χ4v) is 2.12. The van der Waals surface area contributed by atoms with Gasteiger partial charge < -0.3 is 4.74 Å². The number of hydrogen-bond donors (Lipinski definition) is 0. The molecule has 0 aliphatic rings. The minimum Gasteiger partial charge on any atom is -0.439 e. The van der Waals surface area contributed by atoms with Gasteiger partial charge in [0.25, 0.3) is 5.56 Å². The lowest BCUT2D eigenvalue weighted by Crippen LogP contribution is -2.22. The largest absolute Gasteiger partial charge is 0.439 e. The van der Waals surface area contributed by atoms with Crippen LogP contribution in [0.25, 0.3) is 5.82 Å². The summed E-state index contributed by atoms with van der Waals surface area (Å²) in [7, 11) is 0. The Balaban J connectivity index is 2.05. The van der Waals surface area contributed by atoms with E-state index < -0.39 is 5.56 Å². The van der Waals surface area contributed by atoms with Gasteiger partial charge in [0.15, 0.2) is 5.82 Å². The number of nitrogens with zero attached hydrogens (tertiary/aromatic N) is 4. The van der Waals surface area contributed by atoms with Crippen LogP contribution in [-0.2, 0) is 0 Å². The molecular weight excluding hydrogens is 339 g/mol. The quantitative estimate of drug-likeness (QED) is 0.725. The molecule has 0 saturated carbocycles. The van der Waals surface area contributed by atoms with E-state index in [1.807, 2.05) is 18.2 Å². The van der Waals surface area contributed by atoms with Crippen molar-refractivity contribution < 1.29 is 4.74 Å². The van der Waals surface area contributed by atoms with E-state index >= 15 is 0 Å². The van der Waals surface area contributed by atoms with E-state index in [4.69, 9.17) is 27.9 Å². The Morgan fingerprint density at radius 1 is 1.13 bits per heavy atom. The molecule has 0 aliphatic carbocycles. The summed E-state index contributed by atoms with van der Waals surface area (Å²) in [4.78, 5) is 20.5. The standard InChI is InChI=1S/C15H10Cl2N4O2/c1-9-19-12(21-15(22)14(17)11(16)8-18-21)7-13(20-9)23-10-5-3-2-4-6-10/h2-8H,1H3. The number of ether oxygens (including phenoxy) is 1. The van der Waals surface area contributed by atoms with Gasteiger partial charge in [0.1, 0.15) is 16.6 Å². The zero-order valence-corrected chi connectivity index (χ0v) is 13.4. The third-order valence-electron chi connectivity index (χ3n) is 2.86. The molecule has 0 fully saturated rings. The lowest BCUT2D eigenvalue weighted by molar-refractivity contribution is 0.458. The molecule has 2 aromatic heterocycles. The number of rotatable bonds is 3. The first-order chi connectivity index (χ1) is 11.0. The van der Waals surface area contributed by atoms with Gasteiger partial charge in [-0.25, -0.2) is 4.98 Å². The molecule has 0 atom stereocenters. The van der Waals surface area contributed by atoms with Gasteiger partial charge in [-0.2, -0.15) is 14.8 Å². The Morgan fingerprint density at radius 3 is 2.61 bits per heavy atom.